The van der Waals surface area contributed by atoms with Crippen LogP contribution >= 0.6 is 11.3 Å². The molecule has 1 heterocycles. The van der Waals surface area contributed by atoms with E-state index >= 15 is 0 Å². The first kappa shape index (κ1) is 10.8. The number of aryl methyl sites for hydroxylation is 1. The minimum atomic E-state index is 0.590. The maximum atomic E-state index is 2.27. The molecule has 0 aliphatic heterocycles. The first-order valence-corrected chi connectivity index (χ1v) is 6.91. The zero-order valence-electron chi connectivity index (χ0n) is 10.4. The van der Waals surface area contributed by atoms with Crippen LogP contribution in [0.25, 0.3) is 20.2 Å². The predicted molar refractivity (Wildman–Crippen MR) is 78.2 cm³/mol. The molecule has 3 rings (SSSR count). The van der Waals surface area contributed by atoms with E-state index in [0.717, 1.165) is 0 Å². The van der Waals surface area contributed by atoms with Gasteiger partial charge in [-0.25, -0.2) is 0 Å². The number of hydrogen-bond donors (Lipinski definition) is 0. The lowest BCUT2D eigenvalue weighted by molar-refractivity contribution is 0.878. The van der Waals surface area contributed by atoms with Gasteiger partial charge in [0, 0.05) is 20.2 Å². The van der Waals surface area contributed by atoms with Gasteiger partial charge in [0.05, 0.1) is 0 Å². The standard InChI is InChI=1S/C16H16S/c1-10(2)12-7-5-9-14-13-8-4-6-11(3)15(13)17-16(12)14/h4-10H,1-3H3. The molecule has 0 atom stereocenters. The Morgan fingerprint density at radius 2 is 1.53 bits per heavy atom. The van der Waals surface area contributed by atoms with Crippen LogP contribution < -0.4 is 0 Å². The van der Waals surface area contributed by atoms with Gasteiger partial charge in [-0.3, -0.25) is 0 Å². The van der Waals surface area contributed by atoms with E-state index in [1.165, 1.54) is 31.3 Å². The monoisotopic (exact) mass is 240 g/mol. The van der Waals surface area contributed by atoms with Gasteiger partial charge in [0.2, 0.25) is 0 Å². The van der Waals surface area contributed by atoms with Crippen LogP contribution in [0, 0.1) is 6.92 Å². The Bertz CT molecular complexity index is 689. The third-order valence-corrected chi connectivity index (χ3v) is 4.78. The summed E-state index contributed by atoms with van der Waals surface area (Å²) in [6, 6.07) is 13.3. The van der Waals surface area contributed by atoms with Gasteiger partial charge in [-0.05, 0) is 24.0 Å². The highest BCUT2D eigenvalue weighted by atomic mass is 32.1. The molecule has 0 nitrogen and oxygen atoms in total. The van der Waals surface area contributed by atoms with Gasteiger partial charge >= 0.3 is 0 Å². The first-order valence-electron chi connectivity index (χ1n) is 6.09. The van der Waals surface area contributed by atoms with Crippen molar-refractivity contribution in [2.45, 2.75) is 26.7 Å². The lowest BCUT2D eigenvalue weighted by Crippen LogP contribution is -1.85. The van der Waals surface area contributed by atoms with Gasteiger partial charge in [-0.15, -0.1) is 11.3 Å². The summed E-state index contributed by atoms with van der Waals surface area (Å²) in [6.07, 6.45) is 0. The van der Waals surface area contributed by atoms with E-state index in [0.29, 0.717) is 5.92 Å². The molecule has 0 unspecified atom stereocenters. The second kappa shape index (κ2) is 3.85. The van der Waals surface area contributed by atoms with Crippen LogP contribution in [0.3, 0.4) is 0 Å². The molecule has 0 bridgehead atoms. The quantitative estimate of drug-likeness (QED) is 0.528. The molecule has 0 radical (unpaired) electrons. The Morgan fingerprint density at radius 3 is 2.24 bits per heavy atom. The Hall–Kier alpha value is -1.34. The SMILES string of the molecule is Cc1cccc2c1sc1c(C(C)C)cccc12. The zero-order valence-corrected chi connectivity index (χ0v) is 11.3. The normalized spacial score (nSPS) is 11.8. The van der Waals surface area contributed by atoms with Crippen molar-refractivity contribution in [1.29, 1.82) is 0 Å². The highest BCUT2D eigenvalue weighted by molar-refractivity contribution is 7.26. The molecule has 0 aliphatic carbocycles. The molecule has 0 amide bonds. The molecule has 0 saturated carbocycles. The summed E-state index contributed by atoms with van der Waals surface area (Å²) >= 11 is 1.94. The maximum Gasteiger partial charge on any atom is 0.0390 e. The first-order chi connectivity index (χ1) is 8.18. The van der Waals surface area contributed by atoms with E-state index < -0.39 is 0 Å². The summed E-state index contributed by atoms with van der Waals surface area (Å²) in [6.45, 7) is 6.74. The average Bonchev–Trinajstić information content (AvgIpc) is 2.69. The fourth-order valence-electron chi connectivity index (χ4n) is 2.44. The number of thiophene rings is 1. The van der Waals surface area contributed by atoms with Gasteiger partial charge in [0.25, 0.3) is 0 Å². The van der Waals surface area contributed by atoms with Crippen LogP contribution in [-0.2, 0) is 0 Å². The van der Waals surface area contributed by atoms with Crippen molar-refractivity contribution in [2.24, 2.45) is 0 Å². The lowest BCUT2D eigenvalue weighted by Gasteiger charge is -2.05. The maximum absolute atomic E-state index is 2.27. The zero-order chi connectivity index (χ0) is 12.0. The van der Waals surface area contributed by atoms with Gasteiger partial charge in [0.15, 0.2) is 0 Å². The highest BCUT2D eigenvalue weighted by Crippen LogP contribution is 2.39. The van der Waals surface area contributed by atoms with Crippen LogP contribution in [0.5, 0.6) is 0 Å². The van der Waals surface area contributed by atoms with Crippen molar-refractivity contribution in [3.8, 4) is 0 Å². The number of hydrogen-bond acceptors (Lipinski definition) is 1. The molecule has 0 saturated heterocycles. The Morgan fingerprint density at radius 1 is 0.882 bits per heavy atom. The van der Waals surface area contributed by atoms with Crippen LogP contribution in [0.2, 0.25) is 0 Å². The fraction of sp³-hybridized carbons (Fsp3) is 0.250. The van der Waals surface area contributed by atoms with Gasteiger partial charge in [0.1, 0.15) is 0 Å². The van der Waals surface area contributed by atoms with Crippen molar-refractivity contribution in [3.05, 3.63) is 47.5 Å². The summed E-state index contributed by atoms with van der Waals surface area (Å²) in [5.74, 6) is 0.590. The topological polar surface area (TPSA) is 0 Å². The Balaban J connectivity index is 2.51. The summed E-state index contributed by atoms with van der Waals surface area (Å²) in [5.41, 5.74) is 2.86. The van der Waals surface area contributed by atoms with Crippen LogP contribution in [0.1, 0.15) is 30.9 Å². The molecule has 0 aliphatic rings. The number of fused-ring (bicyclic) bond motifs is 3. The Labute approximate surface area is 106 Å². The highest BCUT2D eigenvalue weighted by Gasteiger charge is 2.11. The minimum Gasteiger partial charge on any atom is -0.135 e. The van der Waals surface area contributed by atoms with Crippen LogP contribution in [0.15, 0.2) is 36.4 Å². The van der Waals surface area contributed by atoms with E-state index in [4.69, 9.17) is 0 Å². The third-order valence-electron chi connectivity index (χ3n) is 3.37. The lowest BCUT2D eigenvalue weighted by atomic mass is 10.0. The van der Waals surface area contributed by atoms with E-state index in [1.54, 1.807) is 0 Å². The number of benzene rings is 2. The molecule has 0 spiro atoms. The van der Waals surface area contributed by atoms with Crippen LogP contribution in [-0.4, -0.2) is 0 Å². The summed E-state index contributed by atoms with van der Waals surface area (Å²) in [4.78, 5) is 0. The number of rotatable bonds is 1. The van der Waals surface area contributed by atoms with Gasteiger partial charge < -0.3 is 0 Å². The molecule has 3 aromatic rings. The molecular formula is C16H16S. The predicted octanol–water partition coefficient (Wildman–Crippen LogP) is 5.49. The average molecular weight is 240 g/mol. The molecule has 1 heteroatoms. The van der Waals surface area contributed by atoms with Crippen LogP contribution in [0.4, 0.5) is 0 Å². The molecular weight excluding hydrogens is 224 g/mol. The smallest absolute Gasteiger partial charge is 0.0390 e. The largest absolute Gasteiger partial charge is 0.135 e. The second-order valence-electron chi connectivity index (χ2n) is 4.93. The molecule has 0 N–H and O–H groups in total. The van der Waals surface area contributed by atoms with Crippen molar-refractivity contribution < 1.29 is 0 Å². The Kier molecular flexibility index (Phi) is 2.44. The molecule has 1 aromatic heterocycles. The van der Waals surface area contributed by atoms with Crippen molar-refractivity contribution in [1.82, 2.24) is 0 Å². The van der Waals surface area contributed by atoms with Gasteiger partial charge in [-0.1, -0.05) is 50.2 Å². The second-order valence-corrected chi connectivity index (χ2v) is 5.95. The fourth-order valence-corrected chi connectivity index (χ4v) is 3.87. The van der Waals surface area contributed by atoms with Gasteiger partial charge in [-0.2, -0.15) is 0 Å². The minimum absolute atomic E-state index is 0.590. The molecule has 86 valence electrons. The van der Waals surface area contributed by atoms with E-state index in [2.05, 4.69) is 57.2 Å². The summed E-state index contributed by atoms with van der Waals surface area (Å²) in [7, 11) is 0. The van der Waals surface area contributed by atoms with Crippen molar-refractivity contribution >= 4 is 31.5 Å². The van der Waals surface area contributed by atoms with Crippen molar-refractivity contribution in [2.75, 3.05) is 0 Å². The van der Waals surface area contributed by atoms with Crippen molar-refractivity contribution in [3.63, 3.8) is 0 Å². The molecule has 2 aromatic carbocycles. The molecule has 0 fully saturated rings. The summed E-state index contributed by atoms with van der Waals surface area (Å²) < 4.78 is 2.90. The summed E-state index contributed by atoms with van der Waals surface area (Å²) in [5, 5.41) is 2.83. The van der Waals surface area contributed by atoms with E-state index in [1.807, 2.05) is 11.3 Å². The van der Waals surface area contributed by atoms with E-state index in [-0.39, 0.29) is 0 Å². The molecule has 17 heavy (non-hydrogen) atoms. The van der Waals surface area contributed by atoms with E-state index in [9.17, 15) is 0 Å². The third kappa shape index (κ3) is 1.57.